The zero-order valence-corrected chi connectivity index (χ0v) is 15.6. The molecular formula is C23H21ClO3. The second kappa shape index (κ2) is 7.45. The van der Waals surface area contributed by atoms with Crippen LogP contribution in [0.4, 0.5) is 0 Å². The Bertz CT molecular complexity index is 829. The topological polar surface area (TPSA) is 38.7 Å². The van der Waals surface area contributed by atoms with Crippen LogP contribution >= 0.6 is 11.6 Å². The first-order chi connectivity index (χ1) is 13.2. The highest BCUT2D eigenvalue weighted by molar-refractivity contribution is 6.30. The van der Waals surface area contributed by atoms with Gasteiger partial charge in [0.05, 0.1) is 18.6 Å². The second-order valence-electron chi connectivity index (χ2n) is 6.81. The number of ether oxygens (including phenoxy) is 2. The van der Waals surface area contributed by atoms with Gasteiger partial charge in [0.25, 0.3) is 0 Å². The van der Waals surface area contributed by atoms with E-state index in [-0.39, 0.29) is 6.61 Å². The maximum Gasteiger partial charge on any atom is 0.218 e. The standard InChI is InChI=1S/C23H21ClO3/c24-21-13-11-20(12-14-21)23(15-25)26-16-22(17-27-23,18-7-3-1-4-8-18)19-9-5-2-6-10-19/h1-14,25H,15-17H2. The third-order valence-corrected chi connectivity index (χ3v) is 5.50. The first kappa shape index (κ1) is 18.2. The van der Waals surface area contributed by atoms with E-state index < -0.39 is 11.2 Å². The van der Waals surface area contributed by atoms with Gasteiger partial charge in [-0.05, 0) is 23.3 Å². The lowest BCUT2D eigenvalue weighted by atomic mass is 9.75. The number of halogens is 1. The molecule has 3 nitrogen and oxygen atoms in total. The molecule has 1 aliphatic heterocycles. The lowest BCUT2D eigenvalue weighted by Gasteiger charge is -2.46. The largest absolute Gasteiger partial charge is 0.390 e. The van der Waals surface area contributed by atoms with E-state index in [9.17, 15) is 5.11 Å². The maximum absolute atomic E-state index is 10.1. The lowest BCUT2D eigenvalue weighted by Crippen LogP contribution is -2.52. The molecule has 138 valence electrons. The van der Waals surface area contributed by atoms with Gasteiger partial charge < -0.3 is 14.6 Å². The normalized spacial score (nSPS) is 18.1. The summed E-state index contributed by atoms with van der Waals surface area (Å²) < 4.78 is 12.5. The van der Waals surface area contributed by atoms with Crippen LogP contribution in [0.25, 0.3) is 0 Å². The Kier molecular flexibility index (Phi) is 5.02. The van der Waals surface area contributed by atoms with Gasteiger partial charge in [0.1, 0.15) is 6.61 Å². The zero-order valence-electron chi connectivity index (χ0n) is 14.8. The van der Waals surface area contributed by atoms with Gasteiger partial charge in [0.2, 0.25) is 5.79 Å². The third kappa shape index (κ3) is 3.28. The van der Waals surface area contributed by atoms with Crippen LogP contribution in [0.5, 0.6) is 0 Å². The molecule has 1 heterocycles. The molecule has 4 heteroatoms. The number of rotatable bonds is 4. The molecule has 1 fully saturated rings. The quantitative estimate of drug-likeness (QED) is 0.723. The molecule has 4 rings (SSSR count). The number of aliphatic hydroxyl groups is 1. The summed E-state index contributed by atoms with van der Waals surface area (Å²) in [6.07, 6.45) is 0. The van der Waals surface area contributed by atoms with Crippen LogP contribution in [0.1, 0.15) is 16.7 Å². The summed E-state index contributed by atoms with van der Waals surface area (Å²) in [5.74, 6) is -1.18. The Hall–Kier alpha value is -2.17. The first-order valence-electron chi connectivity index (χ1n) is 8.94. The SMILES string of the molecule is OCC1(c2ccc(Cl)cc2)OCC(c2ccccc2)(c2ccccc2)CO1. The molecule has 0 amide bonds. The molecule has 0 unspecified atom stereocenters. The van der Waals surface area contributed by atoms with Gasteiger partial charge in [-0.15, -0.1) is 0 Å². The summed E-state index contributed by atoms with van der Waals surface area (Å²) in [6, 6.07) is 27.7. The molecule has 3 aromatic rings. The fraction of sp³-hybridized carbons (Fsp3) is 0.217. The molecule has 0 radical (unpaired) electrons. The van der Waals surface area contributed by atoms with E-state index in [1.807, 2.05) is 48.5 Å². The van der Waals surface area contributed by atoms with Crippen molar-refractivity contribution < 1.29 is 14.6 Å². The predicted octanol–water partition coefficient (Wildman–Crippen LogP) is 4.52. The van der Waals surface area contributed by atoms with Crippen LogP contribution in [0.3, 0.4) is 0 Å². The molecule has 3 aromatic carbocycles. The molecule has 1 N–H and O–H groups in total. The minimum absolute atomic E-state index is 0.270. The molecule has 27 heavy (non-hydrogen) atoms. The molecule has 1 aliphatic rings. The monoisotopic (exact) mass is 380 g/mol. The van der Waals surface area contributed by atoms with E-state index >= 15 is 0 Å². The van der Waals surface area contributed by atoms with Crippen molar-refractivity contribution in [1.29, 1.82) is 0 Å². The summed E-state index contributed by atoms with van der Waals surface area (Å²) in [4.78, 5) is 0. The fourth-order valence-corrected chi connectivity index (χ4v) is 3.76. The van der Waals surface area contributed by atoms with Gasteiger partial charge in [-0.1, -0.05) is 84.4 Å². The molecule has 0 atom stereocenters. The second-order valence-corrected chi connectivity index (χ2v) is 7.25. The fourth-order valence-electron chi connectivity index (χ4n) is 3.63. The van der Waals surface area contributed by atoms with Crippen molar-refractivity contribution >= 4 is 11.6 Å². The highest BCUT2D eigenvalue weighted by Crippen LogP contribution is 2.42. The van der Waals surface area contributed by atoms with Crippen LogP contribution in [0.2, 0.25) is 5.02 Å². The van der Waals surface area contributed by atoms with Crippen molar-refractivity contribution in [3.63, 3.8) is 0 Å². The Labute approximate surface area is 164 Å². The van der Waals surface area contributed by atoms with Crippen molar-refractivity contribution in [2.75, 3.05) is 19.8 Å². The van der Waals surface area contributed by atoms with Gasteiger partial charge in [0.15, 0.2) is 0 Å². The van der Waals surface area contributed by atoms with Gasteiger partial charge >= 0.3 is 0 Å². The van der Waals surface area contributed by atoms with Crippen molar-refractivity contribution in [3.05, 3.63) is 107 Å². The highest BCUT2D eigenvalue weighted by atomic mass is 35.5. The number of benzene rings is 3. The summed E-state index contributed by atoms with van der Waals surface area (Å²) in [6.45, 7) is 0.517. The molecule has 0 spiro atoms. The summed E-state index contributed by atoms with van der Waals surface area (Å²) in [5, 5.41) is 10.7. The predicted molar refractivity (Wildman–Crippen MR) is 106 cm³/mol. The van der Waals surface area contributed by atoms with Crippen molar-refractivity contribution in [1.82, 2.24) is 0 Å². The average Bonchev–Trinajstić information content (AvgIpc) is 2.75. The van der Waals surface area contributed by atoms with Gasteiger partial charge in [-0.25, -0.2) is 0 Å². The molecule has 0 aliphatic carbocycles. The third-order valence-electron chi connectivity index (χ3n) is 5.25. The van der Waals surface area contributed by atoms with Gasteiger partial charge in [0, 0.05) is 10.6 Å². The Morgan fingerprint density at radius 1 is 0.704 bits per heavy atom. The van der Waals surface area contributed by atoms with Crippen molar-refractivity contribution in [3.8, 4) is 0 Å². The minimum Gasteiger partial charge on any atom is -0.390 e. The Morgan fingerprint density at radius 2 is 1.19 bits per heavy atom. The smallest absolute Gasteiger partial charge is 0.218 e. The summed E-state index contributed by atoms with van der Waals surface area (Å²) >= 11 is 6.00. The van der Waals surface area contributed by atoms with E-state index in [2.05, 4.69) is 24.3 Å². The molecule has 0 saturated carbocycles. The van der Waals surface area contributed by atoms with E-state index in [1.54, 1.807) is 12.1 Å². The van der Waals surface area contributed by atoms with Crippen LogP contribution in [-0.4, -0.2) is 24.9 Å². The van der Waals surface area contributed by atoms with Gasteiger partial charge in [-0.2, -0.15) is 0 Å². The van der Waals surface area contributed by atoms with Crippen LogP contribution < -0.4 is 0 Å². The van der Waals surface area contributed by atoms with E-state index in [0.717, 1.165) is 16.7 Å². The minimum atomic E-state index is -1.18. The maximum atomic E-state index is 10.1. The molecule has 1 saturated heterocycles. The van der Waals surface area contributed by atoms with Crippen molar-refractivity contribution in [2.24, 2.45) is 0 Å². The van der Waals surface area contributed by atoms with Crippen molar-refractivity contribution in [2.45, 2.75) is 11.2 Å². The van der Waals surface area contributed by atoms with E-state index in [0.29, 0.717) is 18.2 Å². The van der Waals surface area contributed by atoms with Crippen LogP contribution in [0.15, 0.2) is 84.9 Å². The molecular weight excluding hydrogens is 360 g/mol. The number of hydrogen-bond acceptors (Lipinski definition) is 3. The first-order valence-corrected chi connectivity index (χ1v) is 9.32. The van der Waals surface area contributed by atoms with Crippen LogP contribution in [0, 0.1) is 0 Å². The molecule has 0 bridgehead atoms. The Morgan fingerprint density at radius 3 is 1.63 bits per heavy atom. The number of hydrogen-bond donors (Lipinski definition) is 1. The molecule has 0 aromatic heterocycles. The van der Waals surface area contributed by atoms with Crippen LogP contribution in [-0.2, 0) is 20.7 Å². The highest BCUT2D eigenvalue weighted by Gasteiger charge is 2.47. The van der Waals surface area contributed by atoms with Gasteiger partial charge in [-0.3, -0.25) is 0 Å². The van der Waals surface area contributed by atoms with E-state index in [4.69, 9.17) is 21.1 Å². The lowest BCUT2D eigenvalue weighted by molar-refractivity contribution is -0.307. The van der Waals surface area contributed by atoms with E-state index in [1.165, 1.54) is 0 Å². The summed E-state index contributed by atoms with van der Waals surface area (Å²) in [5.41, 5.74) is 2.56. The summed E-state index contributed by atoms with van der Waals surface area (Å²) in [7, 11) is 0. The Balaban J connectivity index is 1.72. The average molecular weight is 381 g/mol. The number of aliphatic hydroxyl groups excluding tert-OH is 1. The zero-order chi connectivity index (χ0) is 18.7.